The Balaban J connectivity index is 2.18. The van der Waals surface area contributed by atoms with E-state index in [0.29, 0.717) is 18.2 Å². The number of rotatable bonds is 5. The van der Waals surface area contributed by atoms with Crippen molar-refractivity contribution in [3.63, 3.8) is 0 Å². The van der Waals surface area contributed by atoms with E-state index >= 15 is 0 Å². The first kappa shape index (κ1) is 15.4. The van der Waals surface area contributed by atoms with Crippen molar-refractivity contribution in [2.24, 2.45) is 0 Å². The van der Waals surface area contributed by atoms with Crippen LogP contribution in [0.5, 0.6) is 0 Å². The van der Waals surface area contributed by atoms with E-state index in [2.05, 4.69) is 36.5 Å². The Hall–Kier alpha value is -1.95. The third kappa shape index (κ3) is 4.53. The zero-order chi connectivity index (χ0) is 15.2. The summed E-state index contributed by atoms with van der Waals surface area (Å²) in [5.74, 6) is 0.236. The molecule has 0 radical (unpaired) electrons. The molecule has 110 valence electrons. The molecular weight excluding hydrogens is 332 g/mol. The molecule has 0 aliphatic rings. The highest BCUT2D eigenvalue weighted by Crippen LogP contribution is 2.17. The van der Waals surface area contributed by atoms with Gasteiger partial charge in [0.05, 0.1) is 0 Å². The zero-order valence-electron chi connectivity index (χ0n) is 12.0. The fraction of sp³-hybridized carbons (Fsp3) is 0.267. The fourth-order valence-electron chi connectivity index (χ4n) is 1.73. The minimum Gasteiger partial charge on any atom is -0.351 e. The van der Waals surface area contributed by atoms with Crippen molar-refractivity contribution < 1.29 is 4.79 Å². The third-order valence-corrected chi connectivity index (χ3v) is 3.25. The Morgan fingerprint density at radius 1 is 1.24 bits per heavy atom. The van der Waals surface area contributed by atoms with Gasteiger partial charge < -0.3 is 10.6 Å². The molecule has 21 heavy (non-hydrogen) atoms. The molecular formula is C15H17BrN4O. The van der Waals surface area contributed by atoms with Crippen molar-refractivity contribution in [2.75, 3.05) is 11.9 Å². The van der Waals surface area contributed by atoms with Gasteiger partial charge in [0.25, 0.3) is 5.91 Å². The lowest BCUT2D eigenvalue weighted by Crippen LogP contribution is -2.25. The summed E-state index contributed by atoms with van der Waals surface area (Å²) in [5, 5.41) is 5.91. The number of nitrogens with one attached hydrogen (secondary N) is 2. The summed E-state index contributed by atoms with van der Waals surface area (Å²) < 4.78 is 0.998. The van der Waals surface area contributed by atoms with E-state index in [1.165, 1.54) is 0 Å². The van der Waals surface area contributed by atoms with E-state index in [9.17, 15) is 4.79 Å². The summed E-state index contributed by atoms with van der Waals surface area (Å²) >= 11 is 3.39. The molecule has 2 N–H and O–H groups in total. The molecule has 1 heterocycles. The van der Waals surface area contributed by atoms with Gasteiger partial charge >= 0.3 is 0 Å². The van der Waals surface area contributed by atoms with Gasteiger partial charge in [-0.2, -0.15) is 0 Å². The molecule has 0 spiro atoms. The monoisotopic (exact) mass is 348 g/mol. The Morgan fingerprint density at radius 2 is 1.95 bits per heavy atom. The van der Waals surface area contributed by atoms with E-state index in [0.717, 1.165) is 22.3 Å². The number of carbonyl (C=O) groups is 1. The van der Waals surface area contributed by atoms with Crippen molar-refractivity contribution in [1.82, 2.24) is 15.3 Å². The molecule has 2 aromatic rings. The van der Waals surface area contributed by atoms with Gasteiger partial charge in [0, 0.05) is 22.4 Å². The van der Waals surface area contributed by atoms with Crippen molar-refractivity contribution in [3.8, 4) is 0 Å². The summed E-state index contributed by atoms with van der Waals surface area (Å²) in [5.41, 5.74) is 1.98. The first-order valence-electron chi connectivity index (χ1n) is 6.75. The van der Waals surface area contributed by atoms with Crippen molar-refractivity contribution in [1.29, 1.82) is 0 Å². The zero-order valence-corrected chi connectivity index (χ0v) is 13.6. The summed E-state index contributed by atoms with van der Waals surface area (Å²) in [7, 11) is 0. The van der Waals surface area contributed by atoms with Gasteiger partial charge in [0.1, 0.15) is 5.69 Å². The minimum absolute atomic E-state index is 0.179. The normalized spacial score (nSPS) is 10.2. The van der Waals surface area contributed by atoms with Crippen LogP contribution < -0.4 is 10.6 Å². The van der Waals surface area contributed by atoms with Crippen molar-refractivity contribution in [2.45, 2.75) is 20.3 Å². The maximum Gasteiger partial charge on any atom is 0.270 e. The van der Waals surface area contributed by atoms with Crippen LogP contribution >= 0.6 is 15.9 Å². The number of nitrogens with zero attached hydrogens (tertiary/aromatic N) is 2. The van der Waals surface area contributed by atoms with Crippen LogP contribution in [0.25, 0.3) is 0 Å². The number of carbonyl (C=O) groups excluding carboxylic acids is 1. The van der Waals surface area contributed by atoms with Crippen molar-refractivity contribution >= 4 is 33.5 Å². The van der Waals surface area contributed by atoms with E-state index in [1.54, 1.807) is 6.07 Å². The summed E-state index contributed by atoms with van der Waals surface area (Å²) in [6.07, 6.45) is 0.889. The quantitative estimate of drug-likeness (QED) is 0.868. The number of aromatic nitrogens is 2. The summed E-state index contributed by atoms with van der Waals surface area (Å²) in [6, 6.07) is 9.34. The summed E-state index contributed by atoms with van der Waals surface area (Å²) in [6.45, 7) is 4.48. The molecule has 1 aromatic carbocycles. The van der Waals surface area contributed by atoms with Gasteiger partial charge in [-0.15, -0.1) is 0 Å². The number of amides is 1. The average Bonchev–Trinajstić information content (AvgIpc) is 2.46. The molecule has 0 aliphatic heterocycles. The van der Waals surface area contributed by atoms with Crippen LogP contribution in [-0.2, 0) is 0 Å². The predicted octanol–water partition coefficient (Wildman–Crippen LogP) is 3.43. The van der Waals surface area contributed by atoms with Gasteiger partial charge in [-0.1, -0.05) is 22.9 Å². The van der Waals surface area contributed by atoms with Crippen LogP contribution in [0.3, 0.4) is 0 Å². The number of aryl methyl sites for hydroxylation is 1. The SMILES string of the molecule is CCCNC(=O)c1cc(C)nc(Nc2ccc(Br)cc2)n1. The molecule has 0 saturated carbocycles. The predicted molar refractivity (Wildman–Crippen MR) is 86.8 cm³/mol. The van der Waals surface area contributed by atoms with Crippen molar-refractivity contribution in [3.05, 3.63) is 46.2 Å². The number of halogens is 1. The molecule has 0 atom stereocenters. The molecule has 0 unspecified atom stereocenters. The maximum absolute atomic E-state index is 12.0. The van der Waals surface area contributed by atoms with Crippen LogP contribution in [0.2, 0.25) is 0 Å². The Morgan fingerprint density at radius 3 is 2.62 bits per heavy atom. The smallest absolute Gasteiger partial charge is 0.270 e. The van der Waals surface area contributed by atoms with Crippen LogP contribution in [0, 0.1) is 6.92 Å². The highest BCUT2D eigenvalue weighted by atomic mass is 79.9. The molecule has 1 amide bonds. The minimum atomic E-state index is -0.179. The number of hydrogen-bond donors (Lipinski definition) is 2. The molecule has 0 saturated heterocycles. The summed E-state index contributed by atoms with van der Waals surface area (Å²) in [4.78, 5) is 20.5. The first-order valence-corrected chi connectivity index (χ1v) is 7.54. The fourth-order valence-corrected chi connectivity index (χ4v) is 2.00. The van der Waals surface area contributed by atoms with E-state index in [4.69, 9.17) is 0 Å². The Labute approximate surface area is 132 Å². The van der Waals surface area contributed by atoms with E-state index in [-0.39, 0.29) is 5.91 Å². The molecule has 0 bridgehead atoms. The largest absolute Gasteiger partial charge is 0.351 e. The van der Waals surface area contributed by atoms with Crippen LogP contribution in [0.4, 0.5) is 11.6 Å². The number of anilines is 2. The standard InChI is InChI=1S/C15H17BrN4O/c1-3-8-17-14(21)13-9-10(2)18-15(20-13)19-12-6-4-11(16)5-7-12/h4-7,9H,3,8H2,1-2H3,(H,17,21)(H,18,19,20). The topological polar surface area (TPSA) is 66.9 Å². The highest BCUT2D eigenvalue weighted by Gasteiger charge is 2.10. The lowest BCUT2D eigenvalue weighted by molar-refractivity contribution is 0.0948. The van der Waals surface area contributed by atoms with E-state index in [1.807, 2.05) is 38.1 Å². The second-order valence-electron chi connectivity index (χ2n) is 4.61. The van der Waals surface area contributed by atoms with Crippen LogP contribution in [-0.4, -0.2) is 22.4 Å². The number of benzene rings is 1. The molecule has 5 nitrogen and oxygen atoms in total. The van der Waals surface area contributed by atoms with Gasteiger partial charge in [-0.3, -0.25) is 4.79 Å². The first-order chi connectivity index (χ1) is 10.1. The lowest BCUT2D eigenvalue weighted by Gasteiger charge is -2.08. The van der Waals surface area contributed by atoms with Crippen LogP contribution in [0.15, 0.2) is 34.8 Å². The van der Waals surface area contributed by atoms with Gasteiger partial charge in [0.2, 0.25) is 5.95 Å². The molecule has 2 rings (SSSR count). The highest BCUT2D eigenvalue weighted by molar-refractivity contribution is 9.10. The Kier molecular flexibility index (Phi) is 5.27. The average molecular weight is 349 g/mol. The molecule has 6 heteroatoms. The second kappa shape index (κ2) is 7.17. The van der Waals surface area contributed by atoms with Gasteiger partial charge in [-0.05, 0) is 43.7 Å². The lowest BCUT2D eigenvalue weighted by atomic mass is 10.3. The van der Waals surface area contributed by atoms with Gasteiger partial charge in [-0.25, -0.2) is 9.97 Å². The number of hydrogen-bond acceptors (Lipinski definition) is 4. The molecule has 0 fully saturated rings. The van der Waals surface area contributed by atoms with Gasteiger partial charge in [0.15, 0.2) is 0 Å². The molecule has 0 aliphatic carbocycles. The van der Waals surface area contributed by atoms with Crippen LogP contribution in [0.1, 0.15) is 29.5 Å². The molecule has 1 aromatic heterocycles. The van der Waals surface area contributed by atoms with E-state index < -0.39 is 0 Å². The third-order valence-electron chi connectivity index (χ3n) is 2.72. The second-order valence-corrected chi connectivity index (χ2v) is 5.52. The Bertz CT molecular complexity index is 628. The maximum atomic E-state index is 12.0.